The van der Waals surface area contributed by atoms with E-state index in [9.17, 15) is 9.59 Å². The predicted molar refractivity (Wildman–Crippen MR) is 67.7 cm³/mol. The summed E-state index contributed by atoms with van der Waals surface area (Å²) in [5.41, 5.74) is -1.02. The number of hydrogen-bond donors (Lipinski definition) is 2. The van der Waals surface area contributed by atoms with Crippen molar-refractivity contribution in [1.82, 2.24) is 0 Å². The fourth-order valence-corrected chi connectivity index (χ4v) is 1.23. The number of rotatable bonds is 5. The van der Waals surface area contributed by atoms with Crippen LogP contribution < -0.4 is 10.1 Å². The van der Waals surface area contributed by atoms with Crippen LogP contribution in [0.3, 0.4) is 0 Å². The Bertz CT molecular complexity index is 454. The average Bonchev–Trinajstić information content (AvgIpc) is 2.31. The fraction of sp³-hybridized carbons (Fsp3) is 0.385. The summed E-state index contributed by atoms with van der Waals surface area (Å²) in [4.78, 5) is 22.9. The van der Waals surface area contributed by atoms with Crippen LogP contribution in [-0.4, -0.2) is 23.6 Å². The minimum Gasteiger partial charge on any atom is -0.492 e. The number of amides is 1. The van der Waals surface area contributed by atoms with Gasteiger partial charge in [0.2, 0.25) is 5.91 Å². The van der Waals surface area contributed by atoms with Crippen molar-refractivity contribution in [3.05, 3.63) is 24.3 Å². The summed E-state index contributed by atoms with van der Waals surface area (Å²) in [5.74, 6) is -1.23. The lowest BCUT2D eigenvalue weighted by Gasteiger charge is -2.19. The molecule has 0 aliphatic rings. The number of benzene rings is 1. The number of aliphatic carboxylic acids is 1. The normalized spacial score (nSPS) is 10.8. The Morgan fingerprint density at radius 1 is 1.33 bits per heavy atom. The number of para-hydroxylation sites is 2. The summed E-state index contributed by atoms with van der Waals surface area (Å²) in [6.45, 7) is 5.01. The van der Waals surface area contributed by atoms with Crippen LogP contribution in [-0.2, 0) is 9.59 Å². The second-order valence-corrected chi connectivity index (χ2v) is 4.31. The molecule has 0 fully saturated rings. The zero-order chi connectivity index (χ0) is 13.8. The van der Waals surface area contributed by atoms with Gasteiger partial charge in [0.15, 0.2) is 0 Å². The molecule has 1 aromatic rings. The Kier molecular flexibility index (Phi) is 4.31. The van der Waals surface area contributed by atoms with Gasteiger partial charge in [0.25, 0.3) is 0 Å². The van der Waals surface area contributed by atoms with E-state index in [4.69, 9.17) is 9.84 Å². The number of anilines is 1. The fourth-order valence-electron chi connectivity index (χ4n) is 1.23. The van der Waals surface area contributed by atoms with Gasteiger partial charge in [-0.25, -0.2) is 0 Å². The van der Waals surface area contributed by atoms with E-state index in [-0.39, 0.29) is 0 Å². The van der Waals surface area contributed by atoms with Gasteiger partial charge < -0.3 is 15.2 Å². The van der Waals surface area contributed by atoms with Crippen LogP contribution in [0.15, 0.2) is 24.3 Å². The van der Waals surface area contributed by atoms with Crippen molar-refractivity contribution in [1.29, 1.82) is 0 Å². The van der Waals surface area contributed by atoms with Gasteiger partial charge in [-0.1, -0.05) is 12.1 Å². The molecule has 5 heteroatoms. The minimum absolute atomic E-state index is 0.467. The highest BCUT2D eigenvalue weighted by Gasteiger charge is 2.36. The summed E-state index contributed by atoms with van der Waals surface area (Å²) in [7, 11) is 0. The molecule has 1 rings (SSSR count). The quantitative estimate of drug-likeness (QED) is 0.786. The lowest BCUT2D eigenvalue weighted by molar-refractivity contribution is -0.151. The Hall–Kier alpha value is -2.04. The first kappa shape index (κ1) is 14.0. The van der Waals surface area contributed by atoms with Crippen molar-refractivity contribution < 1.29 is 19.4 Å². The van der Waals surface area contributed by atoms with E-state index in [1.807, 2.05) is 6.92 Å². The molecular formula is C13H17NO4. The first-order chi connectivity index (χ1) is 8.39. The van der Waals surface area contributed by atoms with E-state index in [1.54, 1.807) is 24.3 Å². The van der Waals surface area contributed by atoms with Gasteiger partial charge in [0.05, 0.1) is 12.3 Å². The van der Waals surface area contributed by atoms with Gasteiger partial charge in [-0.05, 0) is 32.9 Å². The van der Waals surface area contributed by atoms with E-state index in [0.29, 0.717) is 18.0 Å². The van der Waals surface area contributed by atoms with E-state index >= 15 is 0 Å². The molecule has 0 heterocycles. The van der Waals surface area contributed by atoms with Crippen LogP contribution in [0.25, 0.3) is 0 Å². The molecular weight excluding hydrogens is 234 g/mol. The third kappa shape index (κ3) is 3.00. The van der Waals surface area contributed by atoms with Crippen LogP contribution >= 0.6 is 0 Å². The standard InChI is InChI=1S/C13H17NO4/c1-4-18-10-8-6-5-7-9(10)14-11(15)13(2,3)12(16)17/h5-8H,4H2,1-3H3,(H,14,15)(H,16,17). The monoisotopic (exact) mass is 251 g/mol. The van der Waals surface area contributed by atoms with Crippen LogP contribution in [0.4, 0.5) is 5.69 Å². The number of carbonyl (C=O) groups excluding carboxylic acids is 1. The molecule has 2 N–H and O–H groups in total. The van der Waals surface area contributed by atoms with Crippen molar-refractivity contribution in [2.75, 3.05) is 11.9 Å². The lowest BCUT2D eigenvalue weighted by Crippen LogP contribution is -2.37. The molecule has 98 valence electrons. The second-order valence-electron chi connectivity index (χ2n) is 4.31. The smallest absolute Gasteiger partial charge is 0.318 e. The maximum atomic E-state index is 11.9. The SMILES string of the molecule is CCOc1ccccc1NC(=O)C(C)(C)C(=O)O. The lowest BCUT2D eigenvalue weighted by atomic mass is 9.92. The van der Waals surface area contributed by atoms with Gasteiger partial charge in [-0.15, -0.1) is 0 Å². The number of carboxylic acids is 1. The second kappa shape index (κ2) is 5.53. The highest BCUT2D eigenvalue weighted by Crippen LogP contribution is 2.26. The van der Waals surface area contributed by atoms with Gasteiger partial charge in [-0.3, -0.25) is 9.59 Å². The van der Waals surface area contributed by atoms with Gasteiger partial charge >= 0.3 is 5.97 Å². The summed E-state index contributed by atoms with van der Waals surface area (Å²) in [5, 5.41) is 11.5. The van der Waals surface area contributed by atoms with Gasteiger partial charge in [0.1, 0.15) is 11.2 Å². The van der Waals surface area contributed by atoms with Crippen LogP contribution in [0.1, 0.15) is 20.8 Å². The molecule has 0 spiro atoms. The molecule has 0 radical (unpaired) electrons. The maximum Gasteiger partial charge on any atom is 0.318 e. The Labute approximate surface area is 106 Å². The number of carboxylic acid groups (broad SMARTS) is 1. The number of carbonyl (C=O) groups is 2. The Morgan fingerprint density at radius 3 is 2.50 bits per heavy atom. The van der Waals surface area contributed by atoms with Gasteiger partial charge in [0, 0.05) is 0 Å². The Morgan fingerprint density at radius 2 is 1.94 bits per heavy atom. The third-order valence-electron chi connectivity index (χ3n) is 2.54. The molecule has 18 heavy (non-hydrogen) atoms. The zero-order valence-corrected chi connectivity index (χ0v) is 10.7. The Balaban J connectivity index is 2.91. The molecule has 0 aliphatic carbocycles. The first-order valence-corrected chi connectivity index (χ1v) is 5.66. The minimum atomic E-state index is -1.49. The molecule has 0 atom stereocenters. The molecule has 0 bridgehead atoms. The van der Waals surface area contributed by atoms with Crippen molar-refractivity contribution in [2.45, 2.75) is 20.8 Å². The highest BCUT2D eigenvalue weighted by atomic mass is 16.5. The molecule has 0 unspecified atom stereocenters. The maximum absolute atomic E-state index is 11.9. The van der Waals surface area contributed by atoms with Gasteiger partial charge in [-0.2, -0.15) is 0 Å². The van der Waals surface area contributed by atoms with Crippen molar-refractivity contribution in [3.8, 4) is 5.75 Å². The summed E-state index contributed by atoms with van der Waals surface area (Å²) in [6.07, 6.45) is 0. The largest absolute Gasteiger partial charge is 0.492 e. The summed E-state index contributed by atoms with van der Waals surface area (Å²) in [6, 6.07) is 6.91. The molecule has 0 saturated heterocycles. The van der Waals surface area contributed by atoms with Crippen LogP contribution in [0, 0.1) is 5.41 Å². The van der Waals surface area contributed by atoms with Crippen LogP contribution in [0.5, 0.6) is 5.75 Å². The van der Waals surface area contributed by atoms with Crippen molar-refractivity contribution in [2.24, 2.45) is 5.41 Å². The van der Waals surface area contributed by atoms with E-state index in [2.05, 4.69) is 5.32 Å². The van der Waals surface area contributed by atoms with Crippen molar-refractivity contribution in [3.63, 3.8) is 0 Å². The molecule has 1 amide bonds. The summed E-state index contributed by atoms with van der Waals surface area (Å²) >= 11 is 0. The van der Waals surface area contributed by atoms with E-state index in [0.717, 1.165) is 0 Å². The molecule has 1 aromatic carbocycles. The van der Waals surface area contributed by atoms with Crippen LogP contribution in [0.2, 0.25) is 0 Å². The first-order valence-electron chi connectivity index (χ1n) is 5.66. The molecule has 0 saturated carbocycles. The number of nitrogens with one attached hydrogen (secondary N) is 1. The molecule has 5 nitrogen and oxygen atoms in total. The van der Waals surface area contributed by atoms with Crippen molar-refractivity contribution >= 4 is 17.6 Å². The van der Waals surface area contributed by atoms with E-state index in [1.165, 1.54) is 13.8 Å². The third-order valence-corrected chi connectivity index (χ3v) is 2.54. The molecule has 0 aliphatic heterocycles. The predicted octanol–water partition coefficient (Wildman–Crippen LogP) is 2.13. The average molecular weight is 251 g/mol. The number of hydrogen-bond acceptors (Lipinski definition) is 3. The topological polar surface area (TPSA) is 75.6 Å². The number of ether oxygens (including phenoxy) is 1. The van der Waals surface area contributed by atoms with E-state index < -0.39 is 17.3 Å². The molecule has 0 aromatic heterocycles. The zero-order valence-electron chi connectivity index (χ0n) is 10.7. The summed E-state index contributed by atoms with van der Waals surface area (Å²) < 4.78 is 5.35. The highest BCUT2D eigenvalue weighted by molar-refractivity contribution is 6.08.